The standard InChI is InChI=1S/C9H16O3/c1-7(12-2)9(8(10)11)5-3-4-6-9/h7H,3-6H2,1-2H3,(H,10,11). The molecule has 0 aliphatic heterocycles. The smallest absolute Gasteiger partial charge is 0.312 e. The van der Waals surface area contributed by atoms with E-state index in [0.717, 1.165) is 25.7 Å². The third kappa shape index (κ3) is 1.33. The third-order valence-electron chi connectivity index (χ3n) is 3.05. The lowest BCUT2D eigenvalue weighted by atomic mass is 9.81. The highest BCUT2D eigenvalue weighted by Gasteiger charge is 2.46. The van der Waals surface area contributed by atoms with Crippen molar-refractivity contribution in [3.8, 4) is 0 Å². The summed E-state index contributed by atoms with van der Waals surface area (Å²) in [5.74, 6) is -0.700. The highest BCUT2D eigenvalue weighted by atomic mass is 16.5. The van der Waals surface area contributed by atoms with Gasteiger partial charge in [-0.15, -0.1) is 0 Å². The molecule has 1 aliphatic carbocycles. The van der Waals surface area contributed by atoms with Crippen LogP contribution in [0.4, 0.5) is 0 Å². The van der Waals surface area contributed by atoms with Crippen LogP contribution in [0.3, 0.4) is 0 Å². The van der Waals surface area contributed by atoms with Gasteiger partial charge in [0.15, 0.2) is 0 Å². The zero-order valence-corrected chi connectivity index (χ0v) is 7.67. The van der Waals surface area contributed by atoms with Crippen LogP contribution < -0.4 is 0 Å². The fourth-order valence-corrected chi connectivity index (χ4v) is 2.03. The van der Waals surface area contributed by atoms with Gasteiger partial charge in [-0.3, -0.25) is 4.79 Å². The predicted octanol–water partition coefficient (Wildman–Crippen LogP) is 1.67. The van der Waals surface area contributed by atoms with Gasteiger partial charge in [-0.25, -0.2) is 0 Å². The van der Waals surface area contributed by atoms with E-state index in [-0.39, 0.29) is 6.10 Å². The monoisotopic (exact) mass is 172 g/mol. The number of hydrogen-bond acceptors (Lipinski definition) is 2. The van der Waals surface area contributed by atoms with E-state index < -0.39 is 11.4 Å². The van der Waals surface area contributed by atoms with Crippen molar-refractivity contribution >= 4 is 5.97 Å². The van der Waals surface area contributed by atoms with Gasteiger partial charge in [0, 0.05) is 7.11 Å². The number of aliphatic carboxylic acids is 1. The van der Waals surface area contributed by atoms with E-state index in [4.69, 9.17) is 9.84 Å². The van der Waals surface area contributed by atoms with Crippen molar-refractivity contribution < 1.29 is 14.6 Å². The molecule has 0 aromatic heterocycles. The Balaban J connectivity index is 2.78. The Morgan fingerprint density at radius 2 is 2.00 bits per heavy atom. The molecule has 3 heteroatoms. The average Bonchev–Trinajstić information content (AvgIpc) is 2.52. The molecule has 1 unspecified atom stereocenters. The molecule has 0 spiro atoms. The molecule has 0 aromatic rings. The first-order valence-electron chi connectivity index (χ1n) is 4.39. The SMILES string of the molecule is COC(C)C1(C(=O)O)CCCC1. The molecule has 0 bridgehead atoms. The Hall–Kier alpha value is -0.570. The van der Waals surface area contributed by atoms with Gasteiger partial charge in [-0.05, 0) is 19.8 Å². The molecule has 12 heavy (non-hydrogen) atoms. The number of carbonyl (C=O) groups is 1. The molecule has 0 heterocycles. The second-order valence-corrected chi connectivity index (χ2v) is 3.55. The predicted molar refractivity (Wildman–Crippen MR) is 45.0 cm³/mol. The van der Waals surface area contributed by atoms with Crippen molar-refractivity contribution in [2.24, 2.45) is 5.41 Å². The van der Waals surface area contributed by atoms with Crippen LogP contribution in [-0.2, 0) is 9.53 Å². The van der Waals surface area contributed by atoms with Crippen LogP contribution in [0.1, 0.15) is 32.6 Å². The second-order valence-electron chi connectivity index (χ2n) is 3.55. The Kier molecular flexibility index (Phi) is 2.73. The third-order valence-corrected chi connectivity index (χ3v) is 3.05. The fraction of sp³-hybridized carbons (Fsp3) is 0.889. The zero-order chi connectivity index (χ0) is 9.19. The maximum atomic E-state index is 11.0. The summed E-state index contributed by atoms with van der Waals surface area (Å²) < 4.78 is 5.12. The lowest BCUT2D eigenvalue weighted by Gasteiger charge is -2.29. The number of carboxylic acids is 1. The Bertz CT molecular complexity index is 171. The molecule has 1 fully saturated rings. The van der Waals surface area contributed by atoms with Crippen molar-refractivity contribution in [3.05, 3.63) is 0 Å². The van der Waals surface area contributed by atoms with Crippen molar-refractivity contribution in [2.45, 2.75) is 38.7 Å². The largest absolute Gasteiger partial charge is 0.481 e. The van der Waals surface area contributed by atoms with Gasteiger partial charge in [0.25, 0.3) is 0 Å². The fourth-order valence-electron chi connectivity index (χ4n) is 2.03. The van der Waals surface area contributed by atoms with Gasteiger partial charge in [-0.1, -0.05) is 12.8 Å². The lowest BCUT2D eigenvalue weighted by molar-refractivity contribution is -0.156. The highest BCUT2D eigenvalue weighted by molar-refractivity contribution is 5.75. The van der Waals surface area contributed by atoms with Gasteiger partial charge in [0.2, 0.25) is 0 Å². The molecule has 3 nitrogen and oxygen atoms in total. The van der Waals surface area contributed by atoms with Crippen LogP contribution in [0.5, 0.6) is 0 Å². The maximum absolute atomic E-state index is 11.0. The molecule has 1 saturated carbocycles. The van der Waals surface area contributed by atoms with Crippen LogP contribution in [0.25, 0.3) is 0 Å². The van der Waals surface area contributed by atoms with Crippen molar-refractivity contribution in [1.82, 2.24) is 0 Å². The summed E-state index contributed by atoms with van der Waals surface area (Å²) in [6.45, 7) is 1.85. The molecule has 0 radical (unpaired) electrons. The van der Waals surface area contributed by atoms with E-state index in [0.29, 0.717) is 0 Å². The second kappa shape index (κ2) is 3.44. The molecule has 1 atom stereocenters. The zero-order valence-electron chi connectivity index (χ0n) is 7.67. The van der Waals surface area contributed by atoms with Gasteiger partial charge in [0.05, 0.1) is 11.5 Å². The number of ether oxygens (including phenoxy) is 1. The van der Waals surface area contributed by atoms with Gasteiger partial charge in [0.1, 0.15) is 0 Å². The van der Waals surface area contributed by atoms with E-state index in [1.807, 2.05) is 6.92 Å². The Morgan fingerprint density at radius 1 is 1.50 bits per heavy atom. The summed E-state index contributed by atoms with van der Waals surface area (Å²) >= 11 is 0. The summed E-state index contributed by atoms with van der Waals surface area (Å²) in [6.07, 6.45) is 3.38. The molecular formula is C9H16O3. The van der Waals surface area contributed by atoms with E-state index in [1.54, 1.807) is 7.11 Å². The molecule has 1 rings (SSSR count). The summed E-state index contributed by atoms with van der Waals surface area (Å²) in [6, 6.07) is 0. The minimum Gasteiger partial charge on any atom is -0.481 e. The van der Waals surface area contributed by atoms with Crippen molar-refractivity contribution in [3.63, 3.8) is 0 Å². The van der Waals surface area contributed by atoms with Crippen molar-refractivity contribution in [2.75, 3.05) is 7.11 Å². The number of methoxy groups -OCH3 is 1. The minimum atomic E-state index is -0.700. The normalized spacial score (nSPS) is 23.8. The Labute approximate surface area is 72.7 Å². The quantitative estimate of drug-likeness (QED) is 0.704. The molecule has 70 valence electrons. The van der Waals surface area contributed by atoms with Gasteiger partial charge >= 0.3 is 5.97 Å². The lowest BCUT2D eigenvalue weighted by Crippen LogP contribution is -2.39. The van der Waals surface area contributed by atoms with Gasteiger partial charge in [-0.2, -0.15) is 0 Å². The summed E-state index contributed by atoms with van der Waals surface area (Å²) in [4.78, 5) is 11.0. The van der Waals surface area contributed by atoms with Crippen LogP contribution >= 0.6 is 0 Å². The first-order valence-corrected chi connectivity index (χ1v) is 4.39. The number of rotatable bonds is 3. The highest BCUT2D eigenvalue weighted by Crippen LogP contribution is 2.42. The summed E-state index contributed by atoms with van der Waals surface area (Å²) in [5, 5.41) is 9.09. The first-order chi connectivity index (χ1) is 5.63. The molecule has 0 aromatic carbocycles. The van der Waals surface area contributed by atoms with E-state index in [1.165, 1.54) is 0 Å². The first kappa shape index (κ1) is 9.52. The summed E-state index contributed by atoms with van der Waals surface area (Å²) in [5.41, 5.74) is -0.602. The molecule has 1 N–H and O–H groups in total. The van der Waals surface area contributed by atoms with Gasteiger partial charge < -0.3 is 9.84 Å². The molecule has 1 aliphatic rings. The topological polar surface area (TPSA) is 46.5 Å². The maximum Gasteiger partial charge on any atom is 0.312 e. The van der Waals surface area contributed by atoms with E-state index in [9.17, 15) is 4.79 Å². The number of carboxylic acid groups (broad SMARTS) is 1. The van der Waals surface area contributed by atoms with Crippen molar-refractivity contribution in [1.29, 1.82) is 0 Å². The molecule has 0 saturated heterocycles. The van der Waals surface area contributed by atoms with Crippen LogP contribution in [-0.4, -0.2) is 24.3 Å². The Morgan fingerprint density at radius 3 is 2.33 bits per heavy atom. The molecular weight excluding hydrogens is 156 g/mol. The van der Waals surface area contributed by atoms with Crippen LogP contribution in [0, 0.1) is 5.41 Å². The minimum absolute atomic E-state index is 0.169. The van der Waals surface area contributed by atoms with Crippen LogP contribution in [0.15, 0.2) is 0 Å². The number of hydrogen-bond donors (Lipinski definition) is 1. The van der Waals surface area contributed by atoms with E-state index in [2.05, 4.69) is 0 Å². The van der Waals surface area contributed by atoms with E-state index >= 15 is 0 Å². The molecule has 0 amide bonds. The van der Waals surface area contributed by atoms with Crippen LogP contribution in [0.2, 0.25) is 0 Å². The summed E-state index contributed by atoms with van der Waals surface area (Å²) in [7, 11) is 1.58. The average molecular weight is 172 g/mol.